The zero-order valence-electron chi connectivity index (χ0n) is 17.2. The van der Waals surface area contributed by atoms with Crippen molar-refractivity contribution in [2.24, 2.45) is 0 Å². The third-order valence-corrected chi connectivity index (χ3v) is 5.03. The summed E-state index contributed by atoms with van der Waals surface area (Å²) in [5.41, 5.74) is 2.51. The van der Waals surface area contributed by atoms with Crippen LogP contribution in [0.3, 0.4) is 0 Å². The predicted octanol–water partition coefficient (Wildman–Crippen LogP) is 3.98. The van der Waals surface area contributed by atoms with Gasteiger partial charge in [-0.3, -0.25) is 4.79 Å². The van der Waals surface area contributed by atoms with Crippen molar-refractivity contribution in [1.82, 2.24) is 10.5 Å². The van der Waals surface area contributed by atoms with Crippen LogP contribution < -0.4 is 14.8 Å². The topological polar surface area (TPSA) is 93.8 Å². The first-order valence-electron chi connectivity index (χ1n) is 9.73. The summed E-state index contributed by atoms with van der Waals surface area (Å²) in [6.07, 6.45) is -0.965. The second kappa shape index (κ2) is 8.89. The highest BCUT2D eigenvalue weighted by Gasteiger charge is 2.18. The average Bonchev–Trinajstić information content (AvgIpc) is 3.25. The van der Waals surface area contributed by atoms with Crippen LogP contribution in [0.25, 0.3) is 22.2 Å². The Bertz CT molecular complexity index is 1200. The summed E-state index contributed by atoms with van der Waals surface area (Å²) in [6, 6.07) is 19.9. The largest absolute Gasteiger partial charge is 0.497 e. The Kier molecular flexibility index (Phi) is 5.86. The predicted molar refractivity (Wildman–Crippen MR) is 116 cm³/mol. The third-order valence-electron chi connectivity index (χ3n) is 5.03. The zero-order chi connectivity index (χ0) is 21.8. The van der Waals surface area contributed by atoms with Crippen LogP contribution in [0.5, 0.6) is 11.5 Å². The number of hydrogen-bond donors (Lipinski definition) is 2. The number of hydrogen-bond acceptors (Lipinski definition) is 6. The maximum Gasteiger partial charge on any atom is 0.251 e. The van der Waals surface area contributed by atoms with Crippen LogP contribution in [0.1, 0.15) is 22.0 Å². The first-order chi connectivity index (χ1) is 15.1. The van der Waals surface area contributed by atoms with E-state index in [1.165, 1.54) is 7.11 Å². The average molecular weight is 418 g/mol. The van der Waals surface area contributed by atoms with E-state index in [1.807, 2.05) is 30.3 Å². The van der Waals surface area contributed by atoms with Gasteiger partial charge < -0.3 is 24.4 Å². The number of amides is 1. The van der Waals surface area contributed by atoms with Crippen molar-refractivity contribution in [3.63, 3.8) is 0 Å². The van der Waals surface area contributed by atoms with Crippen molar-refractivity contribution in [3.05, 3.63) is 77.9 Å². The first-order valence-corrected chi connectivity index (χ1v) is 9.73. The summed E-state index contributed by atoms with van der Waals surface area (Å²) in [6.45, 7) is 0.00950. The summed E-state index contributed by atoms with van der Waals surface area (Å²) >= 11 is 0. The molecule has 31 heavy (non-hydrogen) atoms. The number of rotatable bonds is 7. The van der Waals surface area contributed by atoms with Crippen molar-refractivity contribution in [2.45, 2.75) is 6.10 Å². The molecule has 1 atom stereocenters. The maximum atomic E-state index is 12.7. The lowest BCUT2D eigenvalue weighted by Crippen LogP contribution is -2.28. The summed E-state index contributed by atoms with van der Waals surface area (Å²) in [5, 5.41) is 18.2. The van der Waals surface area contributed by atoms with E-state index in [1.54, 1.807) is 43.5 Å². The normalized spacial score (nSPS) is 11.8. The molecule has 0 fully saturated rings. The van der Waals surface area contributed by atoms with Crippen LogP contribution in [-0.2, 0) is 0 Å². The van der Waals surface area contributed by atoms with E-state index in [0.717, 1.165) is 10.9 Å². The van der Waals surface area contributed by atoms with Crippen LogP contribution in [0.2, 0.25) is 0 Å². The van der Waals surface area contributed by atoms with Gasteiger partial charge in [-0.25, -0.2) is 0 Å². The summed E-state index contributed by atoms with van der Waals surface area (Å²) in [7, 11) is 3.07. The van der Waals surface area contributed by atoms with Crippen molar-refractivity contribution in [3.8, 4) is 22.8 Å². The van der Waals surface area contributed by atoms with Gasteiger partial charge in [0.2, 0.25) is 0 Å². The number of nitrogens with zero attached hydrogens (tertiary/aromatic N) is 1. The Labute approximate surface area is 179 Å². The molecular weight excluding hydrogens is 396 g/mol. The zero-order valence-corrected chi connectivity index (χ0v) is 17.2. The van der Waals surface area contributed by atoms with Crippen molar-refractivity contribution >= 4 is 16.8 Å². The lowest BCUT2D eigenvalue weighted by atomic mass is 10.1. The SMILES string of the molecule is COc1ccc(OC)c(C(O)CNC(=O)c2ccc3noc(-c4ccccc4)c3c2)c1. The molecule has 1 amide bonds. The second-order valence-corrected chi connectivity index (χ2v) is 6.94. The van der Waals surface area contributed by atoms with Crippen molar-refractivity contribution in [1.29, 1.82) is 0 Å². The molecule has 1 unspecified atom stereocenters. The fourth-order valence-electron chi connectivity index (χ4n) is 3.38. The Balaban J connectivity index is 1.53. The fourth-order valence-corrected chi connectivity index (χ4v) is 3.38. The minimum atomic E-state index is -0.965. The van der Waals surface area contributed by atoms with Gasteiger partial charge in [0.1, 0.15) is 23.1 Å². The molecule has 4 rings (SSSR count). The van der Waals surface area contributed by atoms with Gasteiger partial charge in [-0.15, -0.1) is 0 Å². The molecule has 3 aromatic carbocycles. The molecule has 4 aromatic rings. The van der Waals surface area contributed by atoms with Gasteiger partial charge in [-0.05, 0) is 36.4 Å². The van der Waals surface area contributed by atoms with E-state index in [-0.39, 0.29) is 12.5 Å². The molecule has 0 aliphatic heterocycles. The Hall–Kier alpha value is -3.84. The molecule has 0 radical (unpaired) electrons. The van der Waals surface area contributed by atoms with E-state index in [0.29, 0.717) is 33.9 Å². The van der Waals surface area contributed by atoms with Gasteiger partial charge in [0.05, 0.1) is 19.6 Å². The van der Waals surface area contributed by atoms with Gasteiger partial charge in [-0.1, -0.05) is 35.5 Å². The van der Waals surface area contributed by atoms with Gasteiger partial charge in [0, 0.05) is 23.2 Å². The minimum Gasteiger partial charge on any atom is -0.497 e. The summed E-state index contributed by atoms with van der Waals surface area (Å²) in [4.78, 5) is 12.7. The number of carbonyl (C=O) groups excluding carboxylic acids is 1. The van der Waals surface area contributed by atoms with Crippen molar-refractivity contribution in [2.75, 3.05) is 20.8 Å². The molecule has 0 saturated carbocycles. The highest BCUT2D eigenvalue weighted by molar-refractivity contribution is 6.01. The molecule has 1 aromatic heterocycles. The van der Waals surface area contributed by atoms with Gasteiger partial charge in [0.15, 0.2) is 5.76 Å². The standard InChI is InChI=1S/C24H22N2O5/c1-29-17-9-11-22(30-2)19(13-17)21(27)14-25-24(28)16-8-10-20-18(12-16)23(31-26-20)15-6-4-3-5-7-15/h3-13,21,27H,14H2,1-2H3,(H,25,28). The fraction of sp³-hybridized carbons (Fsp3) is 0.167. The number of carbonyl (C=O) groups is 1. The maximum absolute atomic E-state index is 12.7. The summed E-state index contributed by atoms with van der Waals surface area (Å²) < 4.78 is 16.0. The second-order valence-electron chi connectivity index (χ2n) is 6.94. The quantitative estimate of drug-likeness (QED) is 0.472. The van der Waals surface area contributed by atoms with Crippen LogP contribution in [0.15, 0.2) is 71.3 Å². The number of benzene rings is 3. The molecule has 7 nitrogen and oxygen atoms in total. The monoisotopic (exact) mass is 418 g/mol. The Morgan fingerprint density at radius 1 is 1.06 bits per heavy atom. The van der Waals surface area contributed by atoms with Crippen molar-refractivity contribution < 1.29 is 23.9 Å². The smallest absolute Gasteiger partial charge is 0.251 e. The highest BCUT2D eigenvalue weighted by atomic mass is 16.5. The number of methoxy groups -OCH3 is 2. The molecule has 0 saturated heterocycles. The van der Waals surface area contributed by atoms with E-state index in [2.05, 4.69) is 10.5 Å². The molecule has 0 aliphatic carbocycles. The number of aromatic nitrogens is 1. The summed E-state index contributed by atoms with van der Waals surface area (Å²) in [5.74, 6) is 1.39. The van der Waals surface area contributed by atoms with Gasteiger partial charge in [-0.2, -0.15) is 0 Å². The van der Waals surface area contributed by atoms with Crippen LogP contribution in [-0.4, -0.2) is 36.9 Å². The molecule has 0 aliphatic rings. The molecule has 2 N–H and O–H groups in total. The minimum absolute atomic E-state index is 0.00950. The third kappa shape index (κ3) is 4.22. The Morgan fingerprint density at radius 2 is 1.87 bits per heavy atom. The number of aliphatic hydroxyl groups excluding tert-OH is 1. The lowest BCUT2D eigenvalue weighted by molar-refractivity contribution is 0.0914. The van der Waals surface area contributed by atoms with Crippen LogP contribution >= 0.6 is 0 Å². The van der Waals surface area contributed by atoms with E-state index in [4.69, 9.17) is 14.0 Å². The molecule has 1 heterocycles. The van der Waals surface area contributed by atoms with Gasteiger partial charge >= 0.3 is 0 Å². The van der Waals surface area contributed by atoms with E-state index < -0.39 is 6.10 Å². The van der Waals surface area contributed by atoms with Gasteiger partial charge in [0.25, 0.3) is 5.91 Å². The molecule has 158 valence electrons. The molecule has 0 bridgehead atoms. The number of aliphatic hydroxyl groups is 1. The molecule has 7 heteroatoms. The number of nitrogens with one attached hydrogen (secondary N) is 1. The van der Waals surface area contributed by atoms with E-state index >= 15 is 0 Å². The number of fused-ring (bicyclic) bond motifs is 1. The highest BCUT2D eigenvalue weighted by Crippen LogP contribution is 2.30. The first kappa shape index (κ1) is 20.4. The number of ether oxygens (including phenoxy) is 2. The van der Waals surface area contributed by atoms with Crippen LogP contribution in [0, 0.1) is 0 Å². The van der Waals surface area contributed by atoms with E-state index in [9.17, 15) is 9.90 Å². The lowest BCUT2D eigenvalue weighted by Gasteiger charge is -2.16. The Morgan fingerprint density at radius 3 is 2.61 bits per heavy atom. The van der Waals surface area contributed by atoms with Crippen LogP contribution in [0.4, 0.5) is 0 Å². The molecule has 0 spiro atoms. The molecular formula is C24H22N2O5.